The average molecular weight is 346 g/mol. The molecule has 0 unspecified atom stereocenters. The van der Waals surface area contributed by atoms with Gasteiger partial charge in [-0.1, -0.05) is 15.9 Å². The molecule has 6 heteroatoms. The Balaban J connectivity index is 2.09. The van der Waals surface area contributed by atoms with Crippen molar-refractivity contribution in [3.63, 3.8) is 0 Å². The van der Waals surface area contributed by atoms with Crippen molar-refractivity contribution < 1.29 is 0 Å². The average Bonchev–Trinajstić information content (AvgIpc) is 2.83. The number of fused-ring (bicyclic) bond motifs is 1. The molecule has 0 aliphatic carbocycles. The summed E-state index contributed by atoms with van der Waals surface area (Å²) in [6.07, 6.45) is 3.88. The van der Waals surface area contributed by atoms with E-state index >= 15 is 0 Å². The van der Waals surface area contributed by atoms with Crippen LogP contribution in [-0.4, -0.2) is 19.5 Å². The summed E-state index contributed by atoms with van der Waals surface area (Å²) in [6.45, 7) is 6.71. The number of nitrogen functional groups attached to an aromatic ring is 1. The van der Waals surface area contributed by atoms with E-state index < -0.39 is 0 Å². The van der Waals surface area contributed by atoms with Crippen LogP contribution in [0.15, 0.2) is 22.9 Å². The summed E-state index contributed by atoms with van der Waals surface area (Å²) in [6, 6.07) is 2.02. The summed E-state index contributed by atoms with van der Waals surface area (Å²) in [5.74, 6) is 0.301. The standard InChI is InChI=1S/C15H16BrN5/c1-8-6-18-12(9(2)13(8)16)7-21-5-4-11-10(3)19-15(17)20-14(11)21/h4-6H,7H2,1-3H3,(H2,17,19,20). The molecule has 3 rings (SSSR count). The lowest BCUT2D eigenvalue weighted by Gasteiger charge is -2.10. The molecule has 0 radical (unpaired) electrons. The van der Waals surface area contributed by atoms with Gasteiger partial charge in [0.15, 0.2) is 0 Å². The summed E-state index contributed by atoms with van der Waals surface area (Å²) < 4.78 is 3.16. The Bertz CT molecular complexity index is 838. The minimum atomic E-state index is 0.301. The Kier molecular flexibility index (Phi) is 3.41. The lowest BCUT2D eigenvalue weighted by molar-refractivity contribution is 0.787. The summed E-state index contributed by atoms with van der Waals surface area (Å²) in [5, 5.41) is 1.02. The minimum Gasteiger partial charge on any atom is -0.368 e. The van der Waals surface area contributed by atoms with Gasteiger partial charge in [-0.25, -0.2) is 4.98 Å². The summed E-state index contributed by atoms with van der Waals surface area (Å²) >= 11 is 3.61. The number of anilines is 1. The molecule has 0 amide bonds. The maximum atomic E-state index is 5.76. The van der Waals surface area contributed by atoms with Crippen LogP contribution in [0.4, 0.5) is 5.95 Å². The maximum Gasteiger partial charge on any atom is 0.222 e. The molecule has 3 aromatic rings. The Morgan fingerprint density at radius 3 is 2.76 bits per heavy atom. The van der Waals surface area contributed by atoms with Crippen LogP contribution in [0.5, 0.6) is 0 Å². The van der Waals surface area contributed by atoms with Gasteiger partial charge in [-0.2, -0.15) is 4.98 Å². The molecule has 0 aliphatic heterocycles. The SMILES string of the molecule is Cc1cnc(Cn2ccc3c(C)nc(N)nc32)c(C)c1Br. The number of aryl methyl sites for hydroxylation is 2. The second-order valence-corrected chi connectivity index (χ2v) is 5.97. The predicted octanol–water partition coefficient (Wildman–Crippen LogP) is 3.14. The monoisotopic (exact) mass is 345 g/mol. The van der Waals surface area contributed by atoms with Gasteiger partial charge in [-0.05, 0) is 38.0 Å². The fraction of sp³-hybridized carbons (Fsp3) is 0.267. The summed E-state index contributed by atoms with van der Waals surface area (Å²) in [5.41, 5.74) is 10.8. The second-order valence-electron chi connectivity index (χ2n) is 5.18. The number of nitrogens with zero attached hydrogens (tertiary/aromatic N) is 4. The first-order valence-electron chi connectivity index (χ1n) is 6.67. The third-order valence-corrected chi connectivity index (χ3v) is 4.89. The largest absolute Gasteiger partial charge is 0.368 e. The van der Waals surface area contributed by atoms with Gasteiger partial charge >= 0.3 is 0 Å². The van der Waals surface area contributed by atoms with E-state index in [4.69, 9.17) is 5.73 Å². The van der Waals surface area contributed by atoms with Crippen LogP contribution in [0.2, 0.25) is 0 Å². The lowest BCUT2D eigenvalue weighted by Crippen LogP contribution is -2.06. The number of rotatable bonds is 2. The number of hydrogen-bond acceptors (Lipinski definition) is 4. The van der Waals surface area contributed by atoms with E-state index in [0.29, 0.717) is 12.5 Å². The maximum absolute atomic E-state index is 5.76. The first kappa shape index (κ1) is 14.0. The van der Waals surface area contributed by atoms with Gasteiger partial charge in [-0.3, -0.25) is 4.98 Å². The first-order valence-corrected chi connectivity index (χ1v) is 7.46. The molecule has 0 aromatic carbocycles. The Morgan fingerprint density at radius 2 is 2.00 bits per heavy atom. The Morgan fingerprint density at radius 1 is 1.24 bits per heavy atom. The molecule has 0 spiro atoms. The van der Waals surface area contributed by atoms with E-state index in [9.17, 15) is 0 Å². The van der Waals surface area contributed by atoms with Crippen LogP contribution < -0.4 is 5.73 Å². The highest BCUT2D eigenvalue weighted by Crippen LogP contribution is 2.24. The summed E-state index contributed by atoms with van der Waals surface area (Å²) in [4.78, 5) is 13.1. The van der Waals surface area contributed by atoms with Crippen molar-refractivity contribution in [2.75, 3.05) is 5.73 Å². The molecule has 0 atom stereocenters. The molecule has 5 nitrogen and oxygen atoms in total. The van der Waals surface area contributed by atoms with E-state index in [1.54, 1.807) is 0 Å². The molecule has 0 aliphatic rings. The number of hydrogen-bond donors (Lipinski definition) is 1. The summed E-state index contributed by atoms with van der Waals surface area (Å²) in [7, 11) is 0. The Hall–Kier alpha value is -1.95. The van der Waals surface area contributed by atoms with Gasteiger partial charge in [0.05, 0.1) is 17.9 Å². The molecule has 21 heavy (non-hydrogen) atoms. The van der Waals surface area contributed by atoms with E-state index in [1.165, 1.54) is 0 Å². The number of pyridine rings is 1. The topological polar surface area (TPSA) is 69.6 Å². The number of aromatic nitrogens is 4. The number of nitrogens with two attached hydrogens (primary N) is 1. The smallest absolute Gasteiger partial charge is 0.222 e. The highest BCUT2D eigenvalue weighted by atomic mass is 79.9. The molecule has 3 heterocycles. The van der Waals surface area contributed by atoms with Gasteiger partial charge in [0.25, 0.3) is 0 Å². The molecule has 3 aromatic heterocycles. The van der Waals surface area contributed by atoms with Crippen LogP contribution in [0.1, 0.15) is 22.5 Å². The molecule has 0 fully saturated rings. The fourth-order valence-corrected chi connectivity index (χ4v) is 2.77. The van der Waals surface area contributed by atoms with Gasteiger partial charge in [0, 0.05) is 22.3 Å². The van der Waals surface area contributed by atoms with Crippen molar-refractivity contribution in [2.24, 2.45) is 0 Å². The van der Waals surface area contributed by atoms with E-state index in [1.807, 2.05) is 32.3 Å². The molecule has 2 N–H and O–H groups in total. The fourth-order valence-electron chi connectivity index (χ4n) is 2.44. The predicted molar refractivity (Wildman–Crippen MR) is 87.2 cm³/mol. The van der Waals surface area contributed by atoms with Gasteiger partial charge in [0.2, 0.25) is 5.95 Å². The van der Waals surface area contributed by atoms with Crippen molar-refractivity contribution in [1.29, 1.82) is 0 Å². The van der Waals surface area contributed by atoms with Crippen LogP contribution >= 0.6 is 15.9 Å². The molecule has 108 valence electrons. The Labute approximate surface area is 131 Å². The molecular formula is C15H16BrN5. The van der Waals surface area contributed by atoms with Crippen molar-refractivity contribution in [1.82, 2.24) is 19.5 Å². The van der Waals surface area contributed by atoms with Crippen molar-refractivity contribution in [3.05, 3.63) is 45.4 Å². The van der Waals surface area contributed by atoms with Crippen LogP contribution in [0, 0.1) is 20.8 Å². The highest BCUT2D eigenvalue weighted by Gasteiger charge is 2.11. The number of halogens is 1. The minimum absolute atomic E-state index is 0.301. The van der Waals surface area contributed by atoms with E-state index in [2.05, 4.69) is 42.4 Å². The van der Waals surface area contributed by atoms with Crippen LogP contribution in [-0.2, 0) is 6.54 Å². The van der Waals surface area contributed by atoms with Gasteiger partial charge < -0.3 is 10.3 Å². The zero-order valence-electron chi connectivity index (χ0n) is 12.2. The zero-order valence-corrected chi connectivity index (χ0v) is 13.8. The highest BCUT2D eigenvalue weighted by molar-refractivity contribution is 9.10. The van der Waals surface area contributed by atoms with Gasteiger partial charge in [0.1, 0.15) is 5.65 Å². The third kappa shape index (κ3) is 2.40. The quantitative estimate of drug-likeness (QED) is 0.774. The van der Waals surface area contributed by atoms with Crippen molar-refractivity contribution in [2.45, 2.75) is 27.3 Å². The second kappa shape index (κ2) is 5.11. The molecule has 0 saturated heterocycles. The first-order chi connectivity index (χ1) is 9.97. The molecule has 0 saturated carbocycles. The van der Waals surface area contributed by atoms with Crippen LogP contribution in [0.3, 0.4) is 0 Å². The normalized spacial score (nSPS) is 11.2. The van der Waals surface area contributed by atoms with Gasteiger partial charge in [-0.15, -0.1) is 0 Å². The van der Waals surface area contributed by atoms with Crippen LogP contribution in [0.25, 0.3) is 11.0 Å². The van der Waals surface area contributed by atoms with Crippen molar-refractivity contribution >= 4 is 32.9 Å². The van der Waals surface area contributed by atoms with Crippen molar-refractivity contribution in [3.8, 4) is 0 Å². The molecule has 0 bridgehead atoms. The molecular weight excluding hydrogens is 330 g/mol. The van der Waals surface area contributed by atoms with E-state index in [-0.39, 0.29) is 0 Å². The third-order valence-electron chi connectivity index (χ3n) is 3.67. The van der Waals surface area contributed by atoms with E-state index in [0.717, 1.165) is 38.0 Å². The lowest BCUT2D eigenvalue weighted by atomic mass is 10.1. The zero-order chi connectivity index (χ0) is 15.1.